The summed E-state index contributed by atoms with van der Waals surface area (Å²) in [7, 11) is 0. The van der Waals surface area contributed by atoms with Crippen LogP contribution < -0.4 is 5.32 Å². The first-order valence-corrected chi connectivity index (χ1v) is 9.81. The minimum atomic E-state index is -0.535. The van der Waals surface area contributed by atoms with Crippen molar-refractivity contribution in [2.24, 2.45) is 0 Å². The number of nitrogens with one attached hydrogen (secondary N) is 1. The second kappa shape index (κ2) is 7.34. The molecule has 2 aromatic carbocycles. The van der Waals surface area contributed by atoms with Gasteiger partial charge in [0, 0.05) is 22.2 Å². The zero-order valence-electron chi connectivity index (χ0n) is 13.8. The fourth-order valence-corrected chi connectivity index (χ4v) is 4.21. The van der Waals surface area contributed by atoms with E-state index in [4.69, 9.17) is 16.0 Å². The first kappa shape index (κ1) is 18.6. The van der Waals surface area contributed by atoms with Gasteiger partial charge >= 0.3 is 0 Å². The monoisotopic (exact) mass is 477 g/mol. The van der Waals surface area contributed by atoms with Crippen LogP contribution in [0.2, 0.25) is 5.02 Å². The molecule has 4 rings (SSSR count). The summed E-state index contributed by atoms with van der Waals surface area (Å²) in [6, 6.07) is 12.8. The summed E-state index contributed by atoms with van der Waals surface area (Å²) in [4.78, 5) is 27.1. The number of carbonyl (C=O) groups is 1. The lowest BCUT2D eigenvalue weighted by Crippen LogP contribution is -2.10. The van der Waals surface area contributed by atoms with E-state index in [1.807, 2.05) is 18.2 Å². The van der Waals surface area contributed by atoms with E-state index in [9.17, 15) is 14.9 Å². The van der Waals surface area contributed by atoms with Crippen LogP contribution >= 0.6 is 38.9 Å². The number of nitro benzene ring substituents is 1. The molecule has 0 fully saturated rings. The molecule has 1 N–H and O–H groups in total. The lowest BCUT2D eigenvalue weighted by molar-refractivity contribution is -0.384. The maximum absolute atomic E-state index is 12.5. The molecule has 1 amide bonds. The van der Waals surface area contributed by atoms with E-state index in [0.717, 1.165) is 14.7 Å². The zero-order valence-corrected chi connectivity index (χ0v) is 17.0. The highest BCUT2D eigenvalue weighted by molar-refractivity contribution is 9.10. The van der Waals surface area contributed by atoms with Gasteiger partial charge in [0.15, 0.2) is 10.9 Å². The smallest absolute Gasteiger partial charge is 0.293 e. The number of anilines is 1. The van der Waals surface area contributed by atoms with Crippen LogP contribution in [0.5, 0.6) is 0 Å². The van der Waals surface area contributed by atoms with Crippen LogP contribution in [-0.2, 0) is 0 Å². The summed E-state index contributed by atoms with van der Waals surface area (Å²) in [5.41, 5.74) is 1.11. The Morgan fingerprint density at radius 2 is 2.04 bits per heavy atom. The number of thiazole rings is 1. The van der Waals surface area contributed by atoms with Crippen molar-refractivity contribution in [3.63, 3.8) is 0 Å². The van der Waals surface area contributed by atoms with Crippen LogP contribution in [-0.4, -0.2) is 15.8 Å². The van der Waals surface area contributed by atoms with Crippen molar-refractivity contribution in [1.29, 1.82) is 0 Å². The number of non-ortho nitro benzene ring substituents is 1. The van der Waals surface area contributed by atoms with E-state index >= 15 is 0 Å². The Labute approximate surface area is 175 Å². The molecule has 0 radical (unpaired) electrons. The third-order valence-corrected chi connectivity index (χ3v) is 5.57. The van der Waals surface area contributed by atoms with Crippen LogP contribution in [0, 0.1) is 10.1 Å². The van der Waals surface area contributed by atoms with Crippen LogP contribution in [0.25, 0.3) is 21.5 Å². The molecule has 0 aliphatic heterocycles. The molecule has 2 heterocycles. The minimum absolute atomic E-state index is 0.0739. The summed E-state index contributed by atoms with van der Waals surface area (Å²) in [6.07, 6.45) is 0. The molecule has 2 aromatic heterocycles. The fourth-order valence-electron chi connectivity index (χ4n) is 2.53. The number of halogens is 2. The summed E-state index contributed by atoms with van der Waals surface area (Å²) in [6.45, 7) is 0. The Hall–Kier alpha value is -2.75. The summed E-state index contributed by atoms with van der Waals surface area (Å²) >= 11 is 10.9. The predicted molar refractivity (Wildman–Crippen MR) is 111 cm³/mol. The molecule has 0 aliphatic carbocycles. The highest BCUT2D eigenvalue weighted by atomic mass is 79.9. The number of nitro groups is 1. The molecule has 28 heavy (non-hydrogen) atoms. The number of hydrogen-bond donors (Lipinski definition) is 1. The maximum Gasteiger partial charge on any atom is 0.293 e. The van der Waals surface area contributed by atoms with Crippen molar-refractivity contribution in [2.75, 3.05) is 5.32 Å². The number of rotatable bonds is 4. The average molecular weight is 479 g/mol. The molecule has 0 unspecified atom stereocenters. The predicted octanol–water partition coefficient (Wildman–Crippen LogP) is 6.13. The summed E-state index contributed by atoms with van der Waals surface area (Å²) < 4.78 is 7.44. The first-order chi connectivity index (χ1) is 13.4. The highest BCUT2D eigenvalue weighted by Gasteiger charge is 2.17. The molecule has 7 nitrogen and oxygen atoms in total. The van der Waals surface area contributed by atoms with Gasteiger partial charge in [-0.3, -0.25) is 20.2 Å². The highest BCUT2D eigenvalue weighted by Crippen LogP contribution is 2.33. The molecule has 140 valence electrons. The molecular weight excluding hydrogens is 470 g/mol. The largest absolute Gasteiger partial charge is 0.451 e. The van der Waals surface area contributed by atoms with E-state index in [0.29, 0.717) is 16.5 Å². The molecule has 10 heteroatoms. The van der Waals surface area contributed by atoms with Gasteiger partial charge in [0.2, 0.25) is 0 Å². The SMILES string of the molecule is O=C(Nc1nc2ccc(Br)cc2s1)c1ccc(-c2ccc([N+](=O)[O-])cc2Cl)o1. The summed E-state index contributed by atoms with van der Waals surface area (Å²) in [5, 5.41) is 14.1. The van der Waals surface area contributed by atoms with E-state index in [2.05, 4.69) is 26.2 Å². The number of furan rings is 1. The van der Waals surface area contributed by atoms with E-state index < -0.39 is 10.8 Å². The van der Waals surface area contributed by atoms with Crippen molar-refractivity contribution in [1.82, 2.24) is 4.98 Å². The molecule has 4 aromatic rings. The van der Waals surface area contributed by atoms with Gasteiger partial charge in [0.25, 0.3) is 11.6 Å². The van der Waals surface area contributed by atoms with Gasteiger partial charge in [-0.15, -0.1) is 0 Å². The minimum Gasteiger partial charge on any atom is -0.451 e. The van der Waals surface area contributed by atoms with Gasteiger partial charge in [-0.25, -0.2) is 4.98 Å². The van der Waals surface area contributed by atoms with Crippen molar-refractivity contribution in [3.8, 4) is 11.3 Å². The van der Waals surface area contributed by atoms with Gasteiger partial charge in [-0.05, 0) is 36.4 Å². The molecule has 0 saturated heterocycles. The third kappa shape index (κ3) is 3.64. The standard InChI is InChI=1S/C18H9BrClN3O4S/c19-9-1-4-13-16(7-9)28-18(21-13)22-17(24)15-6-5-14(27-15)11-3-2-10(23(25)26)8-12(11)20/h1-8H,(H,21,22,24). The lowest BCUT2D eigenvalue weighted by Gasteiger charge is -2.01. The summed E-state index contributed by atoms with van der Waals surface area (Å²) in [5.74, 6) is -0.0504. The fraction of sp³-hybridized carbons (Fsp3) is 0. The second-order valence-electron chi connectivity index (χ2n) is 5.67. The van der Waals surface area contributed by atoms with E-state index in [-0.39, 0.29) is 16.5 Å². The van der Waals surface area contributed by atoms with Gasteiger partial charge in [-0.1, -0.05) is 38.9 Å². The molecule has 0 aliphatic rings. The first-order valence-electron chi connectivity index (χ1n) is 7.82. The number of hydrogen-bond acceptors (Lipinski definition) is 6. The van der Waals surface area contributed by atoms with Gasteiger partial charge in [0.05, 0.1) is 20.2 Å². The van der Waals surface area contributed by atoms with Crippen molar-refractivity contribution < 1.29 is 14.1 Å². The Balaban J connectivity index is 1.56. The quantitative estimate of drug-likeness (QED) is 0.281. The lowest BCUT2D eigenvalue weighted by atomic mass is 10.1. The Kier molecular flexibility index (Phi) is 4.88. The number of aromatic nitrogens is 1. The normalized spacial score (nSPS) is 10.9. The number of fused-ring (bicyclic) bond motifs is 1. The van der Waals surface area contributed by atoms with Crippen molar-refractivity contribution in [2.45, 2.75) is 0 Å². The molecule has 0 bridgehead atoms. The number of carbonyl (C=O) groups excluding carboxylic acids is 1. The van der Waals surface area contributed by atoms with Gasteiger partial charge in [0.1, 0.15) is 5.76 Å². The van der Waals surface area contributed by atoms with Gasteiger partial charge < -0.3 is 4.42 Å². The number of nitrogens with zero attached hydrogens (tertiary/aromatic N) is 2. The van der Waals surface area contributed by atoms with Crippen LogP contribution in [0.1, 0.15) is 10.6 Å². The topological polar surface area (TPSA) is 98.3 Å². The van der Waals surface area contributed by atoms with Crippen molar-refractivity contribution >= 4 is 65.8 Å². The average Bonchev–Trinajstić information content (AvgIpc) is 3.27. The van der Waals surface area contributed by atoms with Crippen LogP contribution in [0.15, 0.2) is 57.4 Å². The zero-order chi connectivity index (χ0) is 19.8. The third-order valence-electron chi connectivity index (χ3n) is 3.83. The molecule has 0 atom stereocenters. The molecular formula is C18H9BrClN3O4S. The van der Waals surface area contributed by atoms with Gasteiger partial charge in [-0.2, -0.15) is 0 Å². The van der Waals surface area contributed by atoms with Crippen LogP contribution in [0.3, 0.4) is 0 Å². The maximum atomic E-state index is 12.5. The number of amides is 1. The number of benzene rings is 2. The Morgan fingerprint density at radius 3 is 2.79 bits per heavy atom. The van der Waals surface area contributed by atoms with Crippen LogP contribution in [0.4, 0.5) is 10.8 Å². The van der Waals surface area contributed by atoms with E-state index in [1.54, 1.807) is 6.07 Å². The van der Waals surface area contributed by atoms with Crippen molar-refractivity contribution in [3.05, 3.63) is 73.9 Å². The Bertz CT molecular complexity index is 1240. The van der Waals surface area contributed by atoms with E-state index in [1.165, 1.54) is 35.6 Å². The second-order valence-corrected chi connectivity index (χ2v) is 8.02. The molecule has 0 saturated carbocycles. The Morgan fingerprint density at radius 1 is 1.21 bits per heavy atom. The molecule has 0 spiro atoms.